The highest BCUT2D eigenvalue weighted by molar-refractivity contribution is 5.78. The summed E-state index contributed by atoms with van der Waals surface area (Å²) >= 11 is 0. The molecule has 1 aliphatic heterocycles. The second-order valence-electron chi connectivity index (χ2n) is 5.61. The van der Waals surface area contributed by atoms with Gasteiger partial charge in [0.1, 0.15) is 0 Å². The molecule has 1 N–H and O–H groups in total. The smallest absolute Gasteiger partial charge is 0.236 e. The van der Waals surface area contributed by atoms with Crippen LogP contribution in [0.1, 0.15) is 32.6 Å². The molecule has 2 aliphatic rings. The fraction of sp³-hybridized carbons (Fsp3) is 0.923. The molecule has 2 atom stereocenters. The van der Waals surface area contributed by atoms with Gasteiger partial charge in [0.2, 0.25) is 5.91 Å². The summed E-state index contributed by atoms with van der Waals surface area (Å²) in [6, 6.07) is 0.500. The molecule has 1 saturated heterocycles. The summed E-state index contributed by atoms with van der Waals surface area (Å²) in [6.07, 6.45) is 4.25. The minimum absolute atomic E-state index is 0.235. The minimum atomic E-state index is -0.255. The number of nitrogens with zero attached hydrogens (tertiary/aromatic N) is 2. The molecule has 1 aliphatic carbocycles. The highest BCUT2D eigenvalue weighted by Gasteiger charge is 2.31. The zero-order chi connectivity index (χ0) is 12.4. The number of carbonyl (C=O) groups is 1. The standard InChI is InChI=1S/C13H24N2O2/c1-10(16)11-4-3-7-15(8-11)9-13(17)14(2)12-5-6-12/h10-12,16H,3-9H2,1-2H3. The van der Waals surface area contributed by atoms with Crippen molar-refractivity contribution in [3.8, 4) is 0 Å². The predicted molar refractivity (Wildman–Crippen MR) is 66.6 cm³/mol. The van der Waals surface area contributed by atoms with Gasteiger partial charge in [-0.2, -0.15) is 0 Å². The van der Waals surface area contributed by atoms with Crippen molar-refractivity contribution in [2.45, 2.75) is 44.8 Å². The molecule has 0 aromatic carbocycles. The predicted octanol–water partition coefficient (Wildman–Crippen LogP) is 0.700. The summed E-state index contributed by atoms with van der Waals surface area (Å²) < 4.78 is 0. The lowest BCUT2D eigenvalue weighted by molar-refractivity contribution is -0.132. The highest BCUT2D eigenvalue weighted by Crippen LogP contribution is 2.26. The Morgan fingerprint density at radius 1 is 1.47 bits per heavy atom. The number of hydrogen-bond acceptors (Lipinski definition) is 3. The van der Waals surface area contributed by atoms with E-state index in [1.165, 1.54) is 12.8 Å². The van der Waals surface area contributed by atoms with Crippen molar-refractivity contribution in [3.63, 3.8) is 0 Å². The van der Waals surface area contributed by atoms with E-state index < -0.39 is 0 Å². The van der Waals surface area contributed by atoms with Crippen LogP contribution in [0.15, 0.2) is 0 Å². The fourth-order valence-corrected chi connectivity index (χ4v) is 2.60. The molecule has 4 heteroatoms. The lowest BCUT2D eigenvalue weighted by atomic mass is 9.93. The van der Waals surface area contributed by atoms with Gasteiger partial charge in [-0.3, -0.25) is 9.69 Å². The second kappa shape index (κ2) is 5.36. The summed E-state index contributed by atoms with van der Waals surface area (Å²) in [7, 11) is 1.91. The maximum atomic E-state index is 12.0. The molecular formula is C13H24N2O2. The average Bonchev–Trinajstić information content (AvgIpc) is 3.12. The van der Waals surface area contributed by atoms with Gasteiger partial charge >= 0.3 is 0 Å². The van der Waals surface area contributed by atoms with Gasteiger partial charge in [0, 0.05) is 19.6 Å². The maximum absolute atomic E-state index is 12.0. The molecule has 0 radical (unpaired) electrons. The molecule has 0 spiro atoms. The third kappa shape index (κ3) is 3.42. The third-order valence-corrected chi connectivity index (χ3v) is 4.07. The van der Waals surface area contributed by atoms with Crippen molar-refractivity contribution >= 4 is 5.91 Å². The van der Waals surface area contributed by atoms with E-state index in [0.717, 1.165) is 25.9 Å². The first-order valence-electron chi connectivity index (χ1n) is 6.74. The summed E-state index contributed by atoms with van der Waals surface area (Å²) in [6.45, 7) is 4.23. The Bertz CT molecular complexity index is 277. The number of rotatable bonds is 4. The zero-order valence-electron chi connectivity index (χ0n) is 10.9. The number of likely N-dealkylation sites (tertiary alicyclic amines) is 1. The Balaban J connectivity index is 1.79. The van der Waals surface area contributed by atoms with Crippen molar-refractivity contribution in [1.29, 1.82) is 0 Å². The van der Waals surface area contributed by atoms with Crippen LogP contribution in [0.4, 0.5) is 0 Å². The molecule has 98 valence electrons. The van der Waals surface area contributed by atoms with Crippen molar-refractivity contribution in [3.05, 3.63) is 0 Å². The molecular weight excluding hydrogens is 216 g/mol. The molecule has 4 nitrogen and oxygen atoms in total. The van der Waals surface area contributed by atoms with Gasteiger partial charge in [0.15, 0.2) is 0 Å². The Hall–Kier alpha value is -0.610. The van der Waals surface area contributed by atoms with E-state index in [1.807, 2.05) is 18.9 Å². The van der Waals surface area contributed by atoms with Crippen LogP contribution in [0, 0.1) is 5.92 Å². The van der Waals surface area contributed by atoms with Gasteiger partial charge in [-0.1, -0.05) is 0 Å². The van der Waals surface area contributed by atoms with Crippen LogP contribution >= 0.6 is 0 Å². The maximum Gasteiger partial charge on any atom is 0.236 e. The number of carbonyl (C=O) groups excluding carboxylic acids is 1. The van der Waals surface area contributed by atoms with Crippen molar-refractivity contribution in [1.82, 2.24) is 9.80 Å². The molecule has 17 heavy (non-hydrogen) atoms. The van der Waals surface area contributed by atoms with E-state index in [0.29, 0.717) is 18.5 Å². The molecule has 1 saturated carbocycles. The van der Waals surface area contributed by atoms with Crippen LogP contribution in [0.5, 0.6) is 0 Å². The summed E-state index contributed by atoms with van der Waals surface area (Å²) in [5.41, 5.74) is 0. The number of aliphatic hydroxyl groups excluding tert-OH is 1. The highest BCUT2D eigenvalue weighted by atomic mass is 16.3. The van der Waals surface area contributed by atoms with Gasteiger partial charge < -0.3 is 10.0 Å². The van der Waals surface area contributed by atoms with E-state index in [2.05, 4.69) is 4.90 Å². The number of amides is 1. The van der Waals surface area contributed by atoms with Crippen molar-refractivity contribution in [2.24, 2.45) is 5.92 Å². The number of aliphatic hydroxyl groups is 1. The lowest BCUT2D eigenvalue weighted by Crippen LogP contribution is -2.45. The number of likely N-dealkylation sites (N-methyl/N-ethyl adjacent to an activating group) is 1. The van der Waals surface area contributed by atoms with Gasteiger partial charge in [0.05, 0.1) is 12.6 Å². The average molecular weight is 240 g/mol. The van der Waals surface area contributed by atoms with Gasteiger partial charge in [-0.25, -0.2) is 0 Å². The van der Waals surface area contributed by atoms with Crippen LogP contribution in [0.25, 0.3) is 0 Å². The van der Waals surface area contributed by atoms with E-state index >= 15 is 0 Å². The topological polar surface area (TPSA) is 43.8 Å². The van der Waals surface area contributed by atoms with Crippen LogP contribution in [-0.4, -0.2) is 59.6 Å². The largest absolute Gasteiger partial charge is 0.393 e. The van der Waals surface area contributed by atoms with Crippen LogP contribution < -0.4 is 0 Å². The van der Waals surface area contributed by atoms with Crippen LogP contribution in [0.2, 0.25) is 0 Å². The van der Waals surface area contributed by atoms with E-state index in [9.17, 15) is 9.90 Å². The van der Waals surface area contributed by atoms with Gasteiger partial charge in [0.25, 0.3) is 0 Å². The molecule has 0 bridgehead atoms. The van der Waals surface area contributed by atoms with Crippen molar-refractivity contribution < 1.29 is 9.90 Å². The lowest BCUT2D eigenvalue weighted by Gasteiger charge is -2.34. The third-order valence-electron chi connectivity index (χ3n) is 4.07. The number of piperidine rings is 1. The molecule has 0 aromatic heterocycles. The monoisotopic (exact) mass is 240 g/mol. The SMILES string of the molecule is CC(O)C1CCCN(CC(=O)N(C)C2CC2)C1. The first-order valence-corrected chi connectivity index (χ1v) is 6.74. The Labute approximate surface area is 104 Å². The fourth-order valence-electron chi connectivity index (χ4n) is 2.60. The minimum Gasteiger partial charge on any atom is -0.393 e. The van der Waals surface area contributed by atoms with E-state index in [1.54, 1.807) is 0 Å². The van der Waals surface area contributed by atoms with Crippen molar-refractivity contribution in [2.75, 3.05) is 26.7 Å². The molecule has 2 fully saturated rings. The Morgan fingerprint density at radius 2 is 2.18 bits per heavy atom. The van der Waals surface area contributed by atoms with E-state index in [4.69, 9.17) is 0 Å². The normalized spacial score (nSPS) is 27.8. The molecule has 1 amide bonds. The molecule has 0 aromatic rings. The number of hydrogen-bond donors (Lipinski definition) is 1. The van der Waals surface area contributed by atoms with Crippen LogP contribution in [0.3, 0.4) is 0 Å². The molecule has 2 unspecified atom stereocenters. The summed E-state index contributed by atoms with van der Waals surface area (Å²) in [5.74, 6) is 0.571. The van der Waals surface area contributed by atoms with Gasteiger partial charge in [-0.15, -0.1) is 0 Å². The van der Waals surface area contributed by atoms with Crippen LogP contribution in [-0.2, 0) is 4.79 Å². The summed E-state index contributed by atoms with van der Waals surface area (Å²) in [5, 5.41) is 9.61. The first-order chi connectivity index (χ1) is 8.08. The second-order valence-corrected chi connectivity index (χ2v) is 5.61. The Morgan fingerprint density at radius 3 is 2.76 bits per heavy atom. The Kier molecular flexibility index (Phi) is 4.05. The summed E-state index contributed by atoms with van der Waals surface area (Å²) in [4.78, 5) is 16.1. The van der Waals surface area contributed by atoms with E-state index in [-0.39, 0.29) is 12.0 Å². The molecule has 1 heterocycles. The van der Waals surface area contributed by atoms with Gasteiger partial charge in [-0.05, 0) is 45.1 Å². The zero-order valence-corrected chi connectivity index (χ0v) is 10.9. The first kappa shape index (κ1) is 12.8. The molecule has 2 rings (SSSR count). The quantitative estimate of drug-likeness (QED) is 0.786.